The first-order chi connectivity index (χ1) is 7.73. The molecule has 0 aromatic heterocycles. The van der Waals surface area contributed by atoms with E-state index in [0.29, 0.717) is 16.9 Å². The van der Waals surface area contributed by atoms with Gasteiger partial charge < -0.3 is 10.4 Å². The summed E-state index contributed by atoms with van der Waals surface area (Å²) in [4.78, 5) is 0. The fourth-order valence-electron chi connectivity index (χ4n) is 3.97. The van der Waals surface area contributed by atoms with Crippen molar-refractivity contribution in [3.63, 3.8) is 0 Å². The minimum absolute atomic E-state index is 0.00232. The molecule has 2 nitrogen and oxygen atoms in total. The number of hydrogen-bond donors (Lipinski definition) is 2. The molecule has 0 aliphatic heterocycles. The molecule has 0 aromatic rings. The van der Waals surface area contributed by atoms with Crippen molar-refractivity contribution in [3.05, 3.63) is 0 Å². The Labute approximate surface area is 106 Å². The third-order valence-corrected chi connectivity index (χ3v) is 6.05. The first kappa shape index (κ1) is 13.4. The average Bonchev–Trinajstić information content (AvgIpc) is 2.58. The van der Waals surface area contributed by atoms with Crippen molar-refractivity contribution < 1.29 is 5.11 Å². The van der Waals surface area contributed by atoms with E-state index >= 15 is 0 Å². The van der Waals surface area contributed by atoms with Gasteiger partial charge in [0.1, 0.15) is 0 Å². The molecule has 2 rings (SSSR count). The molecule has 0 spiro atoms. The fraction of sp³-hybridized carbons (Fsp3) is 1.00. The Morgan fingerprint density at radius 2 is 1.94 bits per heavy atom. The van der Waals surface area contributed by atoms with E-state index < -0.39 is 0 Å². The van der Waals surface area contributed by atoms with Crippen LogP contribution in [0.15, 0.2) is 0 Å². The smallest absolute Gasteiger partial charge is 0.0494 e. The summed E-state index contributed by atoms with van der Waals surface area (Å²) in [7, 11) is 0. The Morgan fingerprint density at radius 1 is 1.29 bits per heavy atom. The summed E-state index contributed by atoms with van der Waals surface area (Å²) in [5.74, 6) is 0.891. The summed E-state index contributed by atoms with van der Waals surface area (Å²) in [5, 5.41) is 13.1. The van der Waals surface area contributed by atoms with Crippen molar-refractivity contribution in [2.45, 2.75) is 59.9 Å². The maximum atomic E-state index is 9.33. The summed E-state index contributed by atoms with van der Waals surface area (Å²) in [6.07, 6.45) is 4.10. The van der Waals surface area contributed by atoms with Crippen molar-refractivity contribution >= 4 is 0 Å². The molecule has 100 valence electrons. The van der Waals surface area contributed by atoms with Gasteiger partial charge in [0.25, 0.3) is 0 Å². The second kappa shape index (κ2) is 3.96. The lowest BCUT2D eigenvalue weighted by molar-refractivity contribution is 0.102. The van der Waals surface area contributed by atoms with Crippen LogP contribution in [0.3, 0.4) is 0 Å². The molecule has 3 unspecified atom stereocenters. The number of rotatable bonds is 4. The van der Waals surface area contributed by atoms with Crippen molar-refractivity contribution in [2.75, 3.05) is 13.2 Å². The van der Waals surface area contributed by atoms with Crippen LogP contribution in [0, 0.1) is 22.2 Å². The third-order valence-electron chi connectivity index (χ3n) is 6.05. The van der Waals surface area contributed by atoms with Gasteiger partial charge in [-0.2, -0.15) is 0 Å². The molecule has 3 atom stereocenters. The van der Waals surface area contributed by atoms with Crippen molar-refractivity contribution in [3.8, 4) is 0 Å². The zero-order valence-corrected chi connectivity index (χ0v) is 12.1. The van der Waals surface area contributed by atoms with Crippen LogP contribution in [0.1, 0.15) is 53.9 Å². The zero-order chi connectivity index (χ0) is 12.9. The molecule has 0 amide bonds. The van der Waals surface area contributed by atoms with Gasteiger partial charge in [-0.15, -0.1) is 0 Å². The van der Waals surface area contributed by atoms with Crippen LogP contribution in [-0.2, 0) is 0 Å². The molecule has 2 heteroatoms. The molecule has 2 aliphatic rings. The third kappa shape index (κ3) is 1.94. The zero-order valence-electron chi connectivity index (χ0n) is 12.1. The van der Waals surface area contributed by atoms with E-state index in [1.165, 1.54) is 19.3 Å². The Kier molecular flexibility index (Phi) is 3.11. The van der Waals surface area contributed by atoms with E-state index in [1.807, 2.05) is 0 Å². The van der Waals surface area contributed by atoms with Crippen LogP contribution in [0.4, 0.5) is 0 Å². The lowest BCUT2D eigenvalue weighted by atomic mass is 9.69. The Hall–Kier alpha value is -0.0800. The maximum absolute atomic E-state index is 9.33. The molecule has 17 heavy (non-hydrogen) atoms. The van der Waals surface area contributed by atoms with Gasteiger partial charge in [0.15, 0.2) is 0 Å². The highest BCUT2D eigenvalue weighted by molar-refractivity contribution is 5.13. The number of aliphatic hydroxyl groups excluding tert-OH is 1. The van der Waals surface area contributed by atoms with Gasteiger partial charge in [0.05, 0.1) is 0 Å². The van der Waals surface area contributed by atoms with Crippen LogP contribution in [0.25, 0.3) is 0 Å². The largest absolute Gasteiger partial charge is 0.396 e. The molecule has 0 heterocycles. The lowest BCUT2D eigenvalue weighted by Gasteiger charge is -2.40. The lowest BCUT2D eigenvalue weighted by Crippen LogP contribution is -2.47. The van der Waals surface area contributed by atoms with Gasteiger partial charge in [-0.05, 0) is 36.0 Å². The highest BCUT2D eigenvalue weighted by Crippen LogP contribution is 2.65. The molecular weight excluding hydrogens is 210 g/mol. The van der Waals surface area contributed by atoms with Gasteiger partial charge in [-0.25, -0.2) is 0 Å². The number of nitrogens with one attached hydrogen (secondary N) is 1. The summed E-state index contributed by atoms with van der Waals surface area (Å²) < 4.78 is 0. The van der Waals surface area contributed by atoms with Crippen molar-refractivity contribution in [2.24, 2.45) is 22.2 Å². The quantitative estimate of drug-likeness (QED) is 0.790. The van der Waals surface area contributed by atoms with Gasteiger partial charge in [0.2, 0.25) is 0 Å². The highest BCUT2D eigenvalue weighted by atomic mass is 16.3. The molecule has 2 saturated carbocycles. The van der Waals surface area contributed by atoms with Crippen LogP contribution < -0.4 is 5.32 Å². The molecule has 2 bridgehead atoms. The van der Waals surface area contributed by atoms with E-state index in [2.05, 4.69) is 39.9 Å². The maximum Gasteiger partial charge on any atom is 0.0494 e. The first-order valence-electron chi connectivity index (χ1n) is 7.07. The molecular formula is C15H29NO. The van der Waals surface area contributed by atoms with E-state index in [0.717, 1.165) is 12.5 Å². The summed E-state index contributed by atoms with van der Waals surface area (Å²) in [6.45, 7) is 12.8. The SMILES string of the molecule is CC(C)(CO)CNC1CC2CCC1(C)C2(C)C. The number of fused-ring (bicyclic) bond motifs is 2. The summed E-state index contributed by atoms with van der Waals surface area (Å²) >= 11 is 0. The molecule has 0 radical (unpaired) electrons. The minimum atomic E-state index is 0.00232. The normalized spacial score (nSPS) is 39.9. The van der Waals surface area contributed by atoms with E-state index in [1.54, 1.807) is 0 Å². The monoisotopic (exact) mass is 239 g/mol. The van der Waals surface area contributed by atoms with Gasteiger partial charge in [-0.1, -0.05) is 34.6 Å². The summed E-state index contributed by atoms with van der Waals surface area (Å²) in [6, 6.07) is 0.641. The molecule has 2 fully saturated rings. The van der Waals surface area contributed by atoms with Crippen molar-refractivity contribution in [1.82, 2.24) is 5.32 Å². The van der Waals surface area contributed by atoms with Crippen LogP contribution in [-0.4, -0.2) is 24.3 Å². The fourth-order valence-corrected chi connectivity index (χ4v) is 3.97. The van der Waals surface area contributed by atoms with Crippen LogP contribution in [0.5, 0.6) is 0 Å². The predicted octanol–water partition coefficient (Wildman–Crippen LogP) is 2.81. The van der Waals surface area contributed by atoms with E-state index in [-0.39, 0.29) is 12.0 Å². The van der Waals surface area contributed by atoms with E-state index in [9.17, 15) is 5.11 Å². The van der Waals surface area contributed by atoms with Crippen molar-refractivity contribution in [1.29, 1.82) is 0 Å². The van der Waals surface area contributed by atoms with E-state index in [4.69, 9.17) is 0 Å². The standard InChI is InChI=1S/C15H29NO/c1-13(2,10-17)9-16-12-8-11-6-7-15(12,5)14(11,3)4/h11-12,16-17H,6-10H2,1-5H3. The van der Waals surface area contributed by atoms with Gasteiger partial charge >= 0.3 is 0 Å². The molecule has 2 N–H and O–H groups in total. The minimum Gasteiger partial charge on any atom is -0.396 e. The summed E-state index contributed by atoms with van der Waals surface area (Å²) in [5.41, 5.74) is 0.930. The molecule has 2 aliphatic carbocycles. The number of aliphatic hydroxyl groups is 1. The second-order valence-corrected chi connectivity index (χ2v) is 7.87. The first-order valence-corrected chi connectivity index (χ1v) is 7.07. The highest BCUT2D eigenvalue weighted by Gasteiger charge is 2.61. The van der Waals surface area contributed by atoms with Gasteiger partial charge in [-0.3, -0.25) is 0 Å². The molecule has 0 saturated heterocycles. The van der Waals surface area contributed by atoms with Gasteiger partial charge in [0, 0.05) is 24.6 Å². The average molecular weight is 239 g/mol. The number of hydrogen-bond acceptors (Lipinski definition) is 2. The molecule has 0 aromatic carbocycles. The topological polar surface area (TPSA) is 32.3 Å². The second-order valence-electron chi connectivity index (χ2n) is 7.87. The Balaban J connectivity index is 2.01. The predicted molar refractivity (Wildman–Crippen MR) is 71.9 cm³/mol. The van der Waals surface area contributed by atoms with Crippen LogP contribution >= 0.6 is 0 Å². The Bertz CT molecular complexity index is 297. The van der Waals surface area contributed by atoms with Crippen LogP contribution in [0.2, 0.25) is 0 Å². The Morgan fingerprint density at radius 3 is 2.35 bits per heavy atom.